The summed E-state index contributed by atoms with van der Waals surface area (Å²) in [6.45, 7) is 0.399. The van der Waals surface area contributed by atoms with Gasteiger partial charge in [-0.2, -0.15) is 5.10 Å². The van der Waals surface area contributed by atoms with Crippen molar-refractivity contribution in [2.24, 2.45) is 7.05 Å². The maximum atomic E-state index is 12.5. The van der Waals surface area contributed by atoms with Crippen molar-refractivity contribution in [3.05, 3.63) is 53.2 Å². The van der Waals surface area contributed by atoms with Crippen molar-refractivity contribution in [3.63, 3.8) is 0 Å². The number of thiophene rings is 1. The molecule has 2 heterocycles. The zero-order valence-electron chi connectivity index (χ0n) is 12.4. The molecule has 0 bridgehead atoms. The highest BCUT2D eigenvalue weighted by atomic mass is 32.1. The predicted octanol–water partition coefficient (Wildman–Crippen LogP) is 2.75. The van der Waals surface area contributed by atoms with Crippen LogP contribution in [0.25, 0.3) is 10.1 Å². The highest BCUT2D eigenvalue weighted by Crippen LogP contribution is 2.25. The Morgan fingerprint density at radius 2 is 2.23 bits per heavy atom. The largest absolute Gasteiger partial charge is 0.382 e. The molecule has 22 heavy (non-hydrogen) atoms. The zero-order valence-corrected chi connectivity index (χ0v) is 13.3. The number of rotatable bonds is 5. The van der Waals surface area contributed by atoms with E-state index < -0.39 is 0 Å². The minimum absolute atomic E-state index is 0.0931. The van der Waals surface area contributed by atoms with E-state index >= 15 is 0 Å². The van der Waals surface area contributed by atoms with Crippen molar-refractivity contribution in [2.45, 2.75) is 6.04 Å². The van der Waals surface area contributed by atoms with Crippen LogP contribution in [0.15, 0.2) is 42.6 Å². The third-order valence-electron chi connectivity index (χ3n) is 3.50. The van der Waals surface area contributed by atoms with Crippen LogP contribution in [-0.2, 0) is 11.8 Å². The number of aromatic nitrogens is 2. The van der Waals surface area contributed by atoms with Gasteiger partial charge in [-0.15, -0.1) is 11.3 Å². The molecule has 3 rings (SSSR count). The molecule has 0 aliphatic carbocycles. The van der Waals surface area contributed by atoms with Gasteiger partial charge in [-0.3, -0.25) is 9.48 Å². The first-order valence-corrected chi connectivity index (χ1v) is 7.77. The van der Waals surface area contributed by atoms with Crippen LogP contribution in [0, 0.1) is 0 Å². The number of hydrogen-bond acceptors (Lipinski definition) is 4. The van der Waals surface area contributed by atoms with Gasteiger partial charge in [-0.25, -0.2) is 0 Å². The number of methoxy groups -OCH3 is 1. The maximum Gasteiger partial charge on any atom is 0.262 e. The molecule has 114 valence electrons. The molecule has 0 saturated heterocycles. The maximum absolute atomic E-state index is 12.5. The predicted molar refractivity (Wildman–Crippen MR) is 87.1 cm³/mol. The molecule has 0 aliphatic heterocycles. The highest BCUT2D eigenvalue weighted by Gasteiger charge is 2.19. The number of nitrogens with zero attached hydrogens (tertiary/aromatic N) is 2. The molecule has 1 aromatic carbocycles. The van der Waals surface area contributed by atoms with Gasteiger partial charge in [-0.05, 0) is 23.6 Å². The molecular formula is C16H17N3O2S. The fourth-order valence-corrected chi connectivity index (χ4v) is 3.38. The van der Waals surface area contributed by atoms with Gasteiger partial charge in [0.15, 0.2) is 0 Å². The molecule has 1 amide bonds. The summed E-state index contributed by atoms with van der Waals surface area (Å²) in [5.74, 6) is -0.0931. The van der Waals surface area contributed by atoms with E-state index in [1.165, 1.54) is 11.3 Å². The summed E-state index contributed by atoms with van der Waals surface area (Å²) in [5, 5.41) is 8.26. The number of fused-ring (bicyclic) bond motifs is 1. The quantitative estimate of drug-likeness (QED) is 0.787. The van der Waals surface area contributed by atoms with E-state index in [0.717, 1.165) is 15.8 Å². The summed E-state index contributed by atoms with van der Waals surface area (Å²) in [6.07, 6.45) is 1.71. The molecule has 0 radical (unpaired) electrons. The summed E-state index contributed by atoms with van der Waals surface area (Å²) >= 11 is 1.49. The molecule has 0 saturated carbocycles. The van der Waals surface area contributed by atoms with Crippen molar-refractivity contribution in [2.75, 3.05) is 13.7 Å². The minimum atomic E-state index is -0.227. The van der Waals surface area contributed by atoms with Gasteiger partial charge in [-0.1, -0.05) is 18.2 Å². The lowest BCUT2D eigenvalue weighted by molar-refractivity contribution is 0.0896. The number of amides is 1. The van der Waals surface area contributed by atoms with E-state index in [2.05, 4.69) is 10.4 Å². The van der Waals surface area contributed by atoms with Crippen LogP contribution in [0.1, 0.15) is 21.4 Å². The van der Waals surface area contributed by atoms with Gasteiger partial charge in [0.1, 0.15) is 0 Å². The number of carbonyl (C=O) groups excluding carboxylic acids is 1. The van der Waals surface area contributed by atoms with E-state index in [4.69, 9.17) is 4.74 Å². The molecule has 1 unspecified atom stereocenters. The topological polar surface area (TPSA) is 56.1 Å². The lowest BCUT2D eigenvalue weighted by Crippen LogP contribution is -2.32. The minimum Gasteiger partial charge on any atom is -0.382 e. The summed E-state index contributed by atoms with van der Waals surface area (Å²) in [4.78, 5) is 13.2. The SMILES string of the molecule is COCC(NC(=O)c1cc2ccccc2s1)c1ccnn1C. The van der Waals surface area contributed by atoms with Crippen LogP contribution in [0.5, 0.6) is 0 Å². The Balaban J connectivity index is 1.83. The van der Waals surface area contributed by atoms with Crippen LogP contribution < -0.4 is 5.32 Å². The first-order chi connectivity index (χ1) is 10.7. The first kappa shape index (κ1) is 14.7. The Bertz CT molecular complexity index is 760. The molecule has 1 N–H and O–H groups in total. The molecule has 5 nitrogen and oxygen atoms in total. The van der Waals surface area contributed by atoms with Gasteiger partial charge >= 0.3 is 0 Å². The second kappa shape index (κ2) is 6.29. The van der Waals surface area contributed by atoms with Crippen LogP contribution in [0.2, 0.25) is 0 Å². The first-order valence-electron chi connectivity index (χ1n) is 6.95. The van der Waals surface area contributed by atoms with Gasteiger partial charge in [0.2, 0.25) is 0 Å². The number of ether oxygens (including phenoxy) is 1. The van der Waals surface area contributed by atoms with Crippen molar-refractivity contribution in [3.8, 4) is 0 Å². The number of carbonyl (C=O) groups is 1. The Morgan fingerprint density at radius 3 is 2.91 bits per heavy atom. The molecule has 0 spiro atoms. The van der Waals surface area contributed by atoms with Crippen LogP contribution in [0.3, 0.4) is 0 Å². The van der Waals surface area contributed by atoms with E-state index in [9.17, 15) is 4.79 Å². The Hall–Kier alpha value is -2.18. The average molecular weight is 315 g/mol. The fraction of sp³-hybridized carbons (Fsp3) is 0.250. The number of aryl methyl sites for hydroxylation is 1. The number of benzene rings is 1. The van der Waals surface area contributed by atoms with Crippen molar-refractivity contribution in [1.82, 2.24) is 15.1 Å². The van der Waals surface area contributed by atoms with E-state index in [1.807, 2.05) is 43.4 Å². The van der Waals surface area contributed by atoms with Gasteiger partial charge < -0.3 is 10.1 Å². The Labute approximate surface area is 132 Å². The molecule has 0 aliphatic rings. The van der Waals surface area contributed by atoms with Crippen molar-refractivity contribution >= 4 is 27.3 Å². The zero-order chi connectivity index (χ0) is 15.5. The molecule has 3 aromatic rings. The Kier molecular flexibility index (Phi) is 4.22. The third-order valence-corrected chi connectivity index (χ3v) is 4.62. The average Bonchev–Trinajstić information content (AvgIpc) is 3.12. The summed E-state index contributed by atoms with van der Waals surface area (Å²) in [6, 6.07) is 11.6. The molecule has 2 aromatic heterocycles. The second-order valence-electron chi connectivity index (χ2n) is 5.01. The lowest BCUT2D eigenvalue weighted by atomic mass is 10.2. The number of hydrogen-bond donors (Lipinski definition) is 1. The smallest absolute Gasteiger partial charge is 0.262 e. The molecule has 6 heteroatoms. The highest BCUT2D eigenvalue weighted by molar-refractivity contribution is 7.20. The molecule has 1 atom stereocenters. The van der Waals surface area contributed by atoms with Crippen LogP contribution in [-0.4, -0.2) is 29.4 Å². The van der Waals surface area contributed by atoms with Gasteiger partial charge in [0, 0.05) is 25.1 Å². The van der Waals surface area contributed by atoms with Crippen LogP contribution >= 0.6 is 11.3 Å². The Morgan fingerprint density at radius 1 is 1.41 bits per heavy atom. The van der Waals surface area contributed by atoms with Crippen molar-refractivity contribution in [1.29, 1.82) is 0 Å². The fourth-order valence-electron chi connectivity index (χ4n) is 2.42. The van der Waals surface area contributed by atoms with E-state index in [-0.39, 0.29) is 11.9 Å². The normalized spacial score (nSPS) is 12.5. The van der Waals surface area contributed by atoms with E-state index in [1.54, 1.807) is 18.0 Å². The summed E-state index contributed by atoms with van der Waals surface area (Å²) in [7, 11) is 3.47. The molecular weight excluding hydrogens is 298 g/mol. The monoisotopic (exact) mass is 315 g/mol. The number of nitrogens with one attached hydrogen (secondary N) is 1. The lowest BCUT2D eigenvalue weighted by Gasteiger charge is -2.17. The van der Waals surface area contributed by atoms with Gasteiger partial charge in [0.25, 0.3) is 5.91 Å². The van der Waals surface area contributed by atoms with E-state index in [0.29, 0.717) is 11.5 Å². The summed E-state index contributed by atoms with van der Waals surface area (Å²) < 4.78 is 8.08. The van der Waals surface area contributed by atoms with Crippen molar-refractivity contribution < 1.29 is 9.53 Å². The second-order valence-corrected chi connectivity index (χ2v) is 6.09. The van der Waals surface area contributed by atoms with Crippen LogP contribution in [0.4, 0.5) is 0 Å². The van der Waals surface area contributed by atoms with Gasteiger partial charge in [0.05, 0.1) is 23.2 Å². The summed E-state index contributed by atoms with van der Waals surface area (Å²) in [5.41, 5.74) is 0.913. The standard InChI is InChI=1S/C16H17N3O2S/c1-19-13(7-8-17-19)12(10-21-2)18-16(20)15-9-11-5-3-4-6-14(11)22-15/h3-9,12H,10H2,1-2H3,(H,18,20). The third kappa shape index (κ3) is 2.88. The molecule has 0 fully saturated rings.